The molecule has 0 unspecified atom stereocenters. The average molecular weight is 288 g/mol. The van der Waals surface area contributed by atoms with Gasteiger partial charge in [0.2, 0.25) is 0 Å². The van der Waals surface area contributed by atoms with Crippen molar-refractivity contribution in [3.63, 3.8) is 0 Å². The molecule has 2 aromatic rings. The Morgan fingerprint density at radius 1 is 1.33 bits per heavy atom. The Morgan fingerprint density at radius 2 is 2.05 bits per heavy atom. The molecule has 1 aliphatic heterocycles. The molecule has 1 aromatic carbocycles. The van der Waals surface area contributed by atoms with Crippen LogP contribution in [0.2, 0.25) is 0 Å². The molecule has 1 N–H and O–H groups in total. The van der Waals surface area contributed by atoms with Gasteiger partial charge in [-0.3, -0.25) is 5.10 Å². The summed E-state index contributed by atoms with van der Waals surface area (Å²) in [7, 11) is 0. The van der Waals surface area contributed by atoms with Gasteiger partial charge in [-0.05, 0) is 13.0 Å². The quantitative estimate of drug-likeness (QED) is 0.874. The third-order valence-corrected chi connectivity index (χ3v) is 3.17. The highest BCUT2D eigenvalue weighted by Gasteiger charge is 2.18. The molecule has 6 heteroatoms. The first-order chi connectivity index (χ1) is 10.3. The van der Waals surface area contributed by atoms with Crippen LogP contribution in [0.1, 0.15) is 29.3 Å². The minimum atomic E-state index is -0.402. The maximum absolute atomic E-state index is 11.6. The van der Waals surface area contributed by atoms with Gasteiger partial charge in [0.25, 0.3) is 0 Å². The Balaban J connectivity index is 1.76. The van der Waals surface area contributed by atoms with Crippen molar-refractivity contribution in [1.29, 1.82) is 0 Å². The first kappa shape index (κ1) is 13.8. The summed E-state index contributed by atoms with van der Waals surface area (Å²) in [6.07, 6.45) is -0.284. The number of hydrogen-bond donors (Lipinski definition) is 1. The summed E-state index contributed by atoms with van der Waals surface area (Å²) in [5, 5.41) is 6.81. The molecular formula is C15H16N2O4. The minimum absolute atomic E-state index is 0.284. The molecule has 21 heavy (non-hydrogen) atoms. The number of carbonyl (C=O) groups excluding carboxylic acids is 1. The topological polar surface area (TPSA) is 73.4 Å². The van der Waals surface area contributed by atoms with E-state index < -0.39 is 5.97 Å². The summed E-state index contributed by atoms with van der Waals surface area (Å²) in [6.45, 7) is 3.34. The average Bonchev–Trinajstić information content (AvgIpc) is 3.19. The molecule has 1 aliphatic rings. The first-order valence-electron chi connectivity index (χ1n) is 6.84. The molecular weight excluding hydrogens is 272 g/mol. The second-order valence-electron chi connectivity index (χ2n) is 4.58. The van der Waals surface area contributed by atoms with E-state index in [1.807, 2.05) is 24.3 Å². The van der Waals surface area contributed by atoms with Gasteiger partial charge >= 0.3 is 5.97 Å². The van der Waals surface area contributed by atoms with E-state index in [9.17, 15) is 4.79 Å². The molecule has 0 bridgehead atoms. The number of nitrogens with one attached hydrogen (secondary N) is 1. The number of H-pyrrole nitrogens is 1. The monoisotopic (exact) mass is 288 g/mol. The van der Waals surface area contributed by atoms with Crippen molar-refractivity contribution in [3.8, 4) is 11.3 Å². The van der Waals surface area contributed by atoms with Gasteiger partial charge in [0.05, 0.1) is 25.5 Å². The number of esters is 1. The van der Waals surface area contributed by atoms with Crippen molar-refractivity contribution < 1.29 is 19.0 Å². The Bertz CT molecular complexity index is 615. The first-order valence-corrected chi connectivity index (χ1v) is 6.84. The van der Waals surface area contributed by atoms with E-state index >= 15 is 0 Å². The van der Waals surface area contributed by atoms with Gasteiger partial charge < -0.3 is 14.2 Å². The summed E-state index contributed by atoms with van der Waals surface area (Å²) >= 11 is 0. The number of rotatable bonds is 4. The Kier molecular flexibility index (Phi) is 3.98. The van der Waals surface area contributed by atoms with Crippen molar-refractivity contribution in [1.82, 2.24) is 10.2 Å². The normalized spacial score (nSPS) is 15.3. The Hall–Kier alpha value is -2.18. The molecule has 0 aliphatic carbocycles. The third-order valence-electron chi connectivity index (χ3n) is 3.17. The molecule has 110 valence electrons. The van der Waals surface area contributed by atoms with Crippen LogP contribution in [0.25, 0.3) is 11.3 Å². The lowest BCUT2D eigenvalue weighted by atomic mass is 10.1. The van der Waals surface area contributed by atoms with Gasteiger partial charge in [-0.15, -0.1) is 0 Å². The molecule has 6 nitrogen and oxygen atoms in total. The number of aromatic nitrogens is 2. The van der Waals surface area contributed by atoms with E-state index in [1.165, 1.54) is 0 Å². The van der Waals surface area contributed by atoms with Gasteiger partial charge in [0.15, 0.2) is 6.29 Å². The zero-order chi connectivity index (χ0) is 14.7. The fraction of sp³-hybridized carbons (Fsp3) is 0.333. The van der Waals surface area contributed by atoms with Crippen LogP contribution in [-0.4, -0.2) is 36.0 Å². The molecule has 0 saturated carbocycles. The van der Waals surface area contributed by atoms with Crippen molar-refractivity contribution >= 4 is 5.97 Å². The highest BCUT2D eigenvalue weighted by atomic mass is 16.7. The van der Waals surface area contributed by atoms with Crippen LogP contribution in [0.15, 0.2) is 30.3 Å². The minimum Gasteiger partial charge on any atom is -0.461 e. The largest absolute Gasteiger partial charge is 0.461 e. The van der Waals surface area contributed by atoms with Crippen molar-refractivity contribution in [2.75, 3.05) is 19.8 Å². The second-order valence-corrected chi connectivity index (χ2v) is 4.58. The van der Waals surface area contributed by atoms with E-state index in [1.54, 1.807) is 13.0 Å². The molecule has 0 radical (unpaired) electrons. The molecule has 0 atom stereocenters. The number of ether oxygens (including phenoxy) is 3. The Labute approximate surface area is 122 Å². The number of carbonyl (C=O) groups is 1. The van der Waals surface area contributed by atoms with Crippen LogP contribution in [-0.2, 0) is 14.2 Å². The van der Waals surface area contributed by atoms with Crippen LogP contribution in [0.5, 0.6) is 0 Å². The van der Waals surface area contributed by atoms with Crippen molar-refractivity contribution in [3.05, 3.63) is 41.6 Å². The van der Waals surface area contributed by atoms with Crippen molar-refractivity contribution in [2.45, 2.75) is 13.2 Å². The van der Waals surface area contributed by atoms with Crippen LogP contribution in [0.3, 0.4) is 0 Å². The lowest BCUT2D eigenvalue weighted by molar-refractivity contribution is -0.0441. The summed E-state index contributed by atoms with van der Waals surface area (Å²) in [6, 6.07) is 9.39. The highest BCUT2D eigenvalue weighted by Crippen LogP contribution is 2.26. The van der Waals surface area contributed by atoms with Gasteiger partial charge in [-0.25, -0.2) is 4.79 Å². The van der Waals surface area contributed by atoms with E-state index in [-0.39, 0.29) is 6.29 Å². The third kappa shape index (κ3) is 2.96. The van der Waals surface area contributed by atoms with Crippen LogP contribution in [0.4, 0.5) is 0 Å². The van der Waals surface area contributed by atoms with Crippen molar-refractivity contribution in [2.24, 2.45) is 0 Å². The van der Waals surface area contributed by atoms with E-state index in [2.05, 4.69) is 10.2 Å². The van der Waals surface area contributed by atoms with Gasteiger partial charge in [-0.1, -0.05) is 24.3 Å². The lowest BCUT2D eigenvalue weighted by Gasteiger charge is -2.09. The maximum atomic E-state index is 11.6. The van der Waals surface area contributed by atoms with Crippen LogP contribution >= 0.6 is 0 Å². The predicted octanol–water partition coefficient (Wildman–Crippen LogP) is 2.30. The van der Waals surface area contributed by atoms with Gasteiger partial charge in [-0.2, -0.15) is 5.10 Å². The summed E-state index contributed by atoms with van der Waals surface area (Å²) < 4.78 is 15.8. The molecule has 1 fully saturated rings. The predicted molar refractivity (Wildman–Crippen MR) is 74.6 cm³/mol. The maximum Gasteiger partial charge on any atom is 0.356 e. The van der Waals surface area contributed by atoms with Crippen LogP contribution < -0.4 is 0 Å². The SMILES string of the molecule is CCOC(=O)c1cc(-c2ccc(C3OCCO3)cc2)n[nH]1. The van der Waals surface area contributed by atoms with E-state index in [0.29, 0.717) is 31.2 Å². The molecule has 1 aromatic heterocycles. The fourth-order valence-corrected chi connectivity index (χ4v) is 2.14. The zero-order valence-corrected chi connectivity index (χ0v) is 11.7. The van der Waals surface area contributed by atoms with E-state index in [4.69, 9.17) is 14.2 Å². The molecule has 1 saturated heterocycles. The summed E-state index contributed by atoms with van der Waals surface area (Å²) in [4.78, 5) is 11.6. The number of nitrogens with zero attached hydrogens (tertiary/aromatic N) is 1. The molecule has 3 rings (SSSR count). The fourth-order valence-electron chi connectivity index (χ4n) is 2.14. The van der Waals surface area contributed by atoms with Gasteiger partial charge in [0, 0.05) is 11.1 Å². The molecule has 2 heterocycles. The lowest BCUT2D eigenvalue weighted by Crippen LogP contribution is -2.04. The van der Waals surface area contributed by atoms with Crippen LogP contribution in [0, 0.1) is 0 Å². The molecule has 0 amide bonds. The van der Waals surface area contributed by atoms with Gasteiger partial charge in [0.1, 0.15) is 5.69 Å². The Morgan fingerprint density at radius 3 is 2.71 bits per heavy atom. The second kappa shape index (κ2) is 6.07. The number of hydrogen-bond acceptors (Lipinski definition) is 5. The smallest absolute Gasteiger partial charge is 0.356 e. The summed E-state index contributed by atoms with van der Waals surface area (Å²) in [5.41, 5.74) is 2.91. The standard InChI is InChI=1S/C15H16N2O4/c1-2-19-14(18)13-9-12(16-17-13)10-3-5-11(6-4-10)15-20-7-8-21-15/h3-6,9,15H,2,7-8H2,1H3,(H,16,17). The molecule has 0 spiro atoms. The van der Waals surface area contributed by atoms with E-state index in [0.717, 1.165) is 11.1 Å². The number of aromatic amines is 1. The highest BCUT2D eigenvalue weighted by molar-refractivity contribution is 5.88. The number of benzene rings is 1. The summed E-state index contributed by atoms with van der Waals surface area (Å²) in [5.74, 6) is -0.402. The zero-order valence-electron chi connectivity index (χ0n) is 11.7.